The highest BCUT2D eigenvalue weighted by Gasteiger charge is 2.18. The number of hydrogen-bond donors (Lipinski definition) is 2. The van der Waals surface area contributed by atoms with Crippen LogP contribution in [-0.4, -0.2) is 36.8 Å². The summed E-state index contributed by atoms with van der Waals surface area (Å²) < 4.78 is 2.68. The van der Waals surface area contributed by atoms with Gasteiger partial charge in [-0.25, -0.2) is 4.79 Å². The van der Waals surface area contributed by atoms with Gasteiger partial charge in [-0.05, 0) is 12.3 Å². The van der Waals surface area contributed by atoms with E-state index in [2.05, 4.69) is 10.2 Å². The normalized spacial score (nSPS) is 11.7. The van der Waals surface area contributed by atoms with Crippen molar-refractivity contribution in [3.05, 3.63) is 20.8 Å². The lowest BCUT2D eigenvalue weighted by Gasteiger charge is -2.11. The monoisotopic (exact) mass is 312 g/mol. The lowest BCUT2D eigenvalue weighted by atomic mass is 10.2. The summed E-state index contributed by atoms with van der Waals surface area (Å²) in [6, 6.07) is 0. The van der Waals surface area contributed by atoms with Crippen LogP contribution in [0.15, 0.2) is 14.6 Å². The molecule has 8 heteroatoms. The summed E-state index contributed by atoms with van der Waals surface area (Å²) in [6.45, 7) is 4.64. The number of aliphatic hydroxyl groups excluding tert-OH is 1. The Hall–Kier alpha value is -1.54. The predicted molar refractivity (Wildman–Crippen MR) is 82.9 cm³/mol. The molecule has 0 spiro atoms. The molecule has 0 unspecified atom stereocenters. The summed E-state index contributed by atoms with van der Waals surface area (Å²) in [5, 5.41) is 16.8. The molecule has 0 saturated heterocycles. The molecule has 2 N–H and O–H groups in total. The molecule has 0 aromatic carbocycles. The van der Waals surface area contributed by atoms with Crippen LogP contribution in [0.3, 0.4) is 0 Å². The molecule has 2 heterocycles. The van der Waals surface area contributed by atoms with E-state index in [1.165, 1.54) is 18.8 Å². The second kappa shape index (κ2) is 6.48. The minimum Gasteiger partial charge on any atom is -0.396 e. The van der Waals surface area contributed by atoms with E-state index in [4.69, 9.17) is 5.11 Å². The molecule has 7 nitrogen and oxygen atoms in total. The third kappa shape index (κ3) is 3.06. The fraction of sp³-hybridized carbons (Fsp3) is 0.615. The van der Waals surface area contributed by atoms with Crippen molar-refractivity contribution in [2.45, 2.75) is 31.8 Å². The predicted octanol–water partition coefficient (Wildman–Crippen LogP) is 0.554. The Balaban J connectivity index is 2.60. The highest BCUT2D eigenvalue weighted by Crippen LogP contribution is 2.22. The molecule has 0 atom stereocenters. The average Bonchev–Trinajstić information content (AvgIpc) is 2.85. The van der Waals surface area contributed by atoms with Crippen molar-refractivity contribution in [2.75, 3.05) is 12.4 Å². The average molecular weight is 312 g/mol. The van der Waals surface area contributed by atoms with Gasteiger partial charge in [0.1, 0.15) is 16.1 Å². The molecular formula is C13H20N4O3S. The number of thioether (sulfide) groups is 1. The molecule has 0 saturated carbocycles. The van der Waals surface area contributed by atoms with Gasteiger partial charge in [-0.3, -0.25) is 19.0 Å². The molecule has 2 aromatic heterocycles. The fourth-order valence-electron chi connectivity index (χ4n) is 2.11. The Morgan fingerprint density at radius 2 is 2.10 bits per heavy atom. The van der Waals surface area contributed by atoms with Crippen molar-refractivity contribution in [3.8, 4) is 0 Å². The van der Waals surface area contributed by atoms with E-state index in [0.29, 0.717) is 34.8 Å². The molecule has 2 rings (SSSR count). The zero-order valence-electron chi connectivity index (χ0n) is 12.4. The lowest BCUT2D eigenvalue weighted by molar-refractivity contribution is 0.296. The van der Waals surface area contributed by atoms with E-state index < -0.39 is 0 Å². The van der Waals surface area contributed by atoms with E-state index in [1.54, 1.807) is 4.57 Å². The minimum absolute atomic E-state index is 0.103. The maximum Gasteiger partial charge on any atom is 0.332 e. The Kier molecular flexibility index (Phi) is 4.89. The van der Waals surface area contributed by atoms with Crippen molar-refractivity contribution < 1.29 is 5.11 Å². The van der Waals surface area contributed by atoms with Gasteiger partial charge in [-0.2, -0.15) is 5.10 Å². The molecule has 2 aromatic rings. The van der Waals surface area contributed by atoms with Crippen LogP contribution in [0.5, 0.6) is 0 Å². The molecule has 21 heavy (non-hydrogen) atoms. The van der Waals surface area contributed by atoms with Crippen LogP contribution in [0, 0.1) is 5.92 Å². The fourth-order valence-corrected chi connectivity index (χ4v) is 3.01. The smallest absolute Gasteiger partial charge is 0.332 e. The van der Waals surface area contributed by atoms with Gasteiger partial charge in [0.2, 0.25) is 0 Å². The number of hydrogen-bond acceptors (Lipinski definition) is 5. The molecule has 0 aliphatic carbocycles. The van der Waals surface area contributed by atoms with Crippen molar-refractivity contribution in [1.29, 1.82) is 0 Å². The van der Waals surface area contributed by atoms with E-state index in [-0.39, 0.29) is 23.8 Å². The largest absolute Gasteiger partial charge is 0.396 e. The van der Waals surface area contributed by atoms with Crippen LogP contribution in [0.1, 0.15) is 20.3 Å². The number of rotatable bonds is 6. The second-order valence-electron chi connectivity index (χ2n) is 5.33. The molecule has 0 aliphatic rings. The third-order valence-corrected chi connectivity index (χ3v) is 4.17. The van der Waals surface area contributed by atoms with E-state index in [0.717, 1.165) is 4.57 Å². The maximum absolute atomic E-state index is 12.3. The van der Waals surface area contributed by atoms with Crippen molar-refractivity contribution in [3.63, 3.8) is 0 Å². The number of aliphatic hydroxyl groups is 1. The first kappa shape index (κ1) is 15.8. The molecular weight excluding hydrogens is 292 g/mol. The van der Waals surface area contributed by atoms with Gasteiger partial charge in [0.15, 0.2) is 0 Å². The molecule has 0 bridgehead atoms. The van der Waals surface area contributed by atoms with Crippen molar-refractivity contribution in [2.24, 2.45) is 13.0 Å². The van der Waals surface area contributed by atoms with E-state index in [9.17, 15) is 9.59 Å². The summed E-state index contributed by atoms with van der Waals surface area (Å²) in [7, 11) is 1.48. The van der Waals surface area contributed by atoms with Gasteiger partial charge in [0.25, 0.3) is 5.56 Å². The standard InChI is InChI=1S/C13H20N4O3S/c1-8(2)7-17-10-9(12(19)16(3)13(17)20)11(15-14-10)21-6-4-5-18/h8,18H,4-7H2,1-3H3,(H,14,15). The molecule has 0 amide bonds. The zero-order valence-corrected chi connectivity index (χ0v) is 13.2. The third-order valence-electron chi connectivity index (χ3n) is 3.11. The van der Waals surface area contributed by atoms with Gasteiger partial charge < -0.3 is 5.11 Å². The van der Waals surface area contributed by atoms with Crippen molar-refractivity contribution >= 4 is 22.8 Å². The SMILES string of the molecule is CC(C)Cn1c(=O)n(C)c(=O)c2c(SCCCO)n[nH]c21. The molecule has 0 fully saturated rings. The van der Waals surface area contributed by atoms with Gasteiger partial charge in [-0.1, -0.05) is 13.8 Å². The highest BCUT2D eigenvalue weighted by atomic mass is 32.2. The minimum atomic E-state index is -0.338. The van der Waals surface area contributed by atoms with E-state index in [1.807, 2.05) is 13.8 Å². The Morgan fingerprint density at radius 1 is 1.38 bits per heavy atom. The van der Waals surface area contributed by atoms with Crippen LogP contribution < -0.4 is 11.2 Å². The second-order valence-corrected chi connectivity index (χ2v) is 6.41. The van der Waals surface area contributed by atoms with Gasteiger partial charge >= 0.3 is 5.69 Å². The summed E-state index contributed by atoms with van der Waals surface area (Å²) in [5.41, 5.74) is -0.199. The quantitative estimate of drug-likeness (QED) is 0.600. The maximum atomic E-state index is 12.3. The first-order chi connectivity index (χ1) is 9.97. The number of aromatic amines is 1. The number of H-pyrrole nitrogens is 1. The van der Waals surface area contributed by atoms with Crippen LogP contribution in [-0.2, 0) is 13.6 Å². The topological polar surface area (TPSA) is 92.9 Å². The summed E-state index contributed by atoms with van der Waals surface area (Å²) in [6.07, 6.45) is 0.630. The summed E-state index contributed by atoms with van der Waals surface area (Å²) in [5.74, 6) is 0.945. The number of fused-ring (bicyclic) bond motifs is 1. The first-order valence-electron chi connectivity index (χ1n) is 6.89. The van der Waals surface area contributed by atoms with Crippen LogP contribution >= 0.6 is 11.8 Å². The molecule has 0 radical (unpaired) electrons. The van der Waals surface area contributed by atoms with Crippen LogP contribution in [0.4, 0.5) is 0 Å². The van der Waals surface area contributed by atoms with Gasteiger partial charge in [-0.15, -0.1) is 11.8 Å². The van der Waals surface area contributed by atoms with Gasteiger partial charge in [0.05, 0.1) is 0 Å². The molecule has 116 valence electrons. The summed E-state index contributed by atoms with van der Waals surface area (Å²) in [4.78, 5) is 24.6. The van der Waals surface area contributed by atoms with Crippen LogP contribution in [0.25, 0.3) is 11.0 Å². The number of nitrogens with one attached hydrogen (secondary N) is 1. The Morgan fingerprint density at radius 3 is 2.71 bits per heavy atom. The molecule has 0 aliphatic heterocycles. The lowest BCUT2D eigenvalue weighted by Crippen LogP contribution is -2.38. The first-order valence-corrected chi connectivity index (χ1v) is 7.87. The van der Waals surface area contributed by atoms with Crippen molar-refractivity contribution in [1.82, 2.24) is 19.3 Å². The zero-order chi connectivity index (χ0) is 15.6. The Labute approximate surface area is 126 Å². The Bertz CT molecular complexity index is 744. The van der Waals surface area contributed by atoms with Gasteiger partial charge in [0, 0.05) is 26.0 Å². The highest BCUT2D eigenvalue weighted by molar-refractivity contribution is 7.99. The van der Waals surface area contributed by atoms with Crippen LogP contribution in [0.2, 0.25) is 0 Å². The van der Waals surface area contributed by atoms with E-state index >= 15 is 0 Å². The summed E-state index contributed by atoms with van der Waals surface area (Å²) >= 11 is 1.41. The number of nitrogens with zero attached hydrogens (tertiary/aromatic N) is 3. The number of aromatic nitrogens is 4.